The van der Waals surface area contributed by atoms with Gasteiger partial charge in [0.05, 0.1) is 0 Å². The summed E-state index contributed by atoms with van der Waals surface area (Å²) < 4.78 is 0. The molecular formula is C16H22ClNO3. The van der Waals surface area contributed by atoms with Gasteiger partial charge in [-0.2, -0.15) is 0 Å². The molecule has 0 aliphatic rings. The molecule has 1 amide bonds. The van der Waals surface area contributed by atoms with Crippen molar-refractivity contribution >= 4 is 23.5 Å². The molecule has 0 aliphatic heterocycles. The maximum atomic E-state index is 12.2. The van der Waals surface area contributed by atoms with Gasteiger partial charge in [0.15, 0.2) is 0 Å². The van der Waals surface area contributed by atoms with E-state index in [1.54, 1.807) is 19.9 Å². The molecule has 21 heavy (non-hydrogen) atoms. The highest BCUT2D eigenvalue weighted by Gasteiger charge is 2.34. The number of amides is 1. The normalized spacial score (nSPS) is 15.0. The Balaban J connectivity index is 2.72. The van der Waals surface area contributed by atoms with Crippen LogP contribution < -0.4 is 5.32 Å². The van der Waals surface area contributed by atoms with Gasteiger partial charge >= 0.3 is 5.97 Å². The third-order valence-electron chi connectivity index (χ3n) is 3.50. The number of hydrogen-bond acceptors (Lipinski definition) is 2. The lowest BCUT2D eigenvalue weighted by Crippen LogP contribution is -2.53. The molecular weight excluding hydrogens is 290 g/mol. The molecule has 0 aliphatic carbocycles. The number of rotatable bonds is 7. The first kappa shape index (κ1) is 17.5. The van der Waals surface area contributed by atoms with Crippen molar-refractivity contribution < 1.29 is 14.7 Å². The third kappa shape index (κ3) is 5.05. The van der Waals surface area contributed by atoms with Crippen LogP contribution >= 0.6 is 11.6 Å². The van der Waals surface area contributed by atoms with Crippen LogP contribution in [0, 0.1) is 5.92 Å². The Morgan fingerprint density at radius 2 is 2.10 bits per heavy atom. The molecule has 0 saturated carbocycles. The second-order valence-electron chi connectivity index (χ2n) is 5.61. The minimum atomic E-state index is -1.21. The van der Waals surface area contributed by atoms with Gasteiger partial charge in [0.1, 0.15) is 5.54 Å². The Hall–Kier alpha value is -1.55. The van der Waals surface area contributed by atoms with Gasteiger partial charge in [0.25, 0.3) is 0 Å². The molecule has 4 nitrogen and oxygen atoms in total. The molecule has 0 saturated heterocycles. The molecule has 0 radical (unpaired) electrons. The van der Waals surface area contributed by atoms with Crippen LogP contribution in [0.25, 0.3) is 0 Å². The molecule has 0 aromatic heterocycles. The predicted octanol–water partition coefficient (Wildman–Crippen LogP) is 3.28. The second-order valence-corrected chi connectivity index (χ2v) is 6.05. The van der Waals surface area contributed by atoms with Crippen molar-refractivity contribution in [2.24, 2.45) is 5.92 Å². The predicted molar refractivity (Wildman–Crippen MR) is 83.4 cm³/mol. The molecule has 116 valence electrons. The van der Waals surface area contributed by atoms with Gasteiger partial charge in [-0.05, 0) is 37.5 Å². The van der Waals surface area contributed by atoms with Crippen molar-refractivity contribution in [1.82, 2.24) is 5.32 Å². The van der Waals surface area contributed by atoms with Crippen molar-refractivity contribution in [1.29, 1.82) is 0 Å². The SMILES string of the molecule is CCCC(C)(NC(=O)C(C)Cc1cccc(Cl)c1)C(=O)O. The van der Waals surface area contributed by atoms with E-state index in [1.165, 1.54) is 0 Å². The van der Waals surface area contributed by atoms with Crippen LogP contribution in [-0.2, 0) is 16.0 Å². The molecule has 5 heteroatoms. The van der Waals surface area contributed by atoms with Crippen molar-refractivity contribution in [3.63, 3.8) is 0 Å². The van der Waals surface area contributed by atoms with Gasteiger partial charge in [-0.1, -0.05) is 44.0 Å². The van der Waals surface area contributed by atoms with Crippen LogP contribution in [0.3, 0.4) is 0 Å². The number of hydrogen-bond donors (Lipinski definition) is 2. The third-order valence-corrected chi connectivity index (χ3v) is 3.73. The summed E-state index contributed by atoms with van der Waals surface area (Å²) in [5.74, 6) is -1.58. The summed E-state index contributed by atoms with van der Waals surface area (Å²) in [5.41, 5.74) is -0.258. The molecule has 1 aromatic carbocycles. The fraction of sp³-hybridized carbons (Fsp3) is 0.500. The molecule has 2 N–H and O–H groups in total. The van der Waals surface area contributed by atoms with Crippen LogP contribution in [0.5, 0.6) is 0 Å². The van der Waals surface area contributed by atoms with E-state index in [1.807, 2.05) is 25.1 Å². The molecule has 0 heterocycles. The first-order valence-electron chi connectivity index (χ1n) is 7.08. The summed E-state index contributed by atoms with van der Waals surface area (Å²) in [4.78, 5) is 23.6. The first-order chi connectivity index (χ1) is 9.78. The number of aliphatic carboxylic acids is 1. The molecule has 1 rings (SSSR count). The maximum absolute atomic E-state index is 12.2. The summed E-state index contributed by atoms with van der Waals surface area (Å²) in [6, 6.07) is 7.32. The smallest absolute Gasteiger partial charge is 0.329 e. The summed E-state index contributed by atoms with van der Waals surface area (Å²) in [6.07, 6.45) is 1.61. The van der Waals surface area contributed by atoms with E-state index >= 15 is 0 Å². The zero-order valence-electron chi connectivity index (χ0n) is 12.6. The van der Waals surface area contributed by atoms with Crippen LogP contribution in [0.1, 0.15) is 39.2 Å². The number of carboxylic acids is 1. The number of carboxylic acid groups (broad SMARTS) is 1. The maximum Gasteiger partial charge on any atom is 0.329 e. The van der Waals surface area contributed by atoms with Crippen molar-refractivity contribution in [2.75, 3.05) is 0 Å². The number of carbonyl (C=O) groups excluding carboxylic acids is 1. The average molecular weight is 312 g/mol. The van der Waals surface area contributed by atoms with E-state index in [2.05, 4.69) is 5.32 Å². The number of benzene rings is 1. The molecule has 1 aromatic rings. The number of halogens is 1. The summed E-state index contributed by atoms with van der Waals surface area (Å²) in [6.45, 7) is 5.22. The van der Waals surface area contributed by atoms with Crippen molar-refractivity contribution in [3.8, 4) is 0 Å². The van der Waals surface area contributed by atoms with Gasteiger partial charge in [0.2, 0.25) is 5.91 Å². The summed E-state index contributed by atoms with van der Waals surface area (Å²) >= 11 is 5.92. The van der Waals surface area contributed by atoms with E-state index in [0.29, 0.717) is 24.3 Å². The van der Waals surface area contributed by atoms with Crippen LogP contribution in [0.4, 0.5) is 0 Å². The number of nitrogens with one attached hydrogen (secondary N) is 1. The van der Waals surface area contributed by atoms with Gasteiger partial charge < -0.3 is 10.4 Å². The zero-order chi connectivity index (χ0) is 16.0. The molecule has 0 fully saturated rings. The highest BCUT2D eigenvalue weighted by Crippen LogP contribution is 2.17. The fourth-order valence-electron chi connectivity index (χ4n) is 2.23. The first-order valence-corrected chi connectivity index (χ1v) is 7.46. The van der Waals surface area contributed by atoms with Crippen LogP contribution in [0.2, 0.25) is 5.02 Å². The van der Waals surface area contributed by atoms with E-state index in [4.69, 9.17) is 11.6 Å². The Morgan fingerprint density at radius 3 is 2.62 bits per heavy atom. The minimum absolute atomic E-state index is 0.256. The van der Waals surface area contributed by atoms with E-state index in [-0.39, 0.29) is 11.8 Å². The van der Waals surface area contributed by atoms with E-state index in [0.717, 1.165) is 5.56 Å². The minimum Gasteiger partial charge on any atom is -0.480 e. The second kappa shape index (κ2) is 7.46. The Labute approximate surface area is 130 Å². The molecule has 2 unspecified atom stereocenters. The Bertz CT molecular complexity index is 518. The zero-order valence-corrected chi connectivity index (χ0v) is 13.4. The van der Waals surface area contributed by atoms with E-state index in [9.17, 15) is 14.7 Å². The van der Waals surface area contributed by atoms with Crippen molar-refractivity contribution in [2.45, 2.75) is 45.6 Å². The highest BCUT2D eigenvalue weighted by atomic mass is 35.5. The number of carbonyl (C=O) groups is 2. The van der Waals surface area contributed by atoms with Crippen LogP contribution in [0.15, 0.2) is 24.3 Å². The average Bonchev–Trinajstić information content (AvgIpc) is 2.38. The molecule has 0 bridgehead atoms. The lowest BCUT2D eigenvalue weighted by Gasteiger charge is -2.27. The van der Waals surface area contributed by atoms with Crippen LogP contribution in [-0.4, -0.2) is 22.5 Å². The van der Waals surface area contributed by atoms with Gasteiger partial charge in [-0.25, -0.2) is 4.79 Å². The van der Waals surface area contributed by atoms with Gasteiger partial charge in [-0.15, -0.1) is 0 Å². The highest BCUT2D eigenvalue weighted by molar-refractivity contribution is 6.30. The van der Waals surface area contributed by atoms with Crippen molar-refractivity contribution in [3.05, 3.63) is 34.9 Å². The van der Waals surface area contributed by atoms with Gasteiger partial charge in [0, 0.05) is 10.9 Å². The summed E-state index contributed by atoms with van der Waals surface area (Å²) in [7, 11) is 0. The lowest BCUT2D eigenvalue weighted by molar-refractivity contribution is -0.147. The topological polar surface area (TPSA) is 66.4 Å². The monoisotopic (exact) mass is 311 g/mol. The Kier molecular flexibility index (Phi) is 6.21. The molecule has 2 atom stereocenters. The quantitative estimate of drug-likeness (QED) is 0.812. The fourth-order valence-corrected chi connectivity index (χ4v) is 2.44. The van der Waals surface area contributed by atoms with Gasteiger partial charge in [-0.3, -0.25) is 4.79 Å². The lowest BCUT2D eigenvalue weighted by atomic mass is 9.93. The summed E-state index contributed by atoms with van der Waals surface area (Å²) in [5, 5.41) is 12.6. The standard InChI is InChI=1S/C16H22ClNO3/c1-4-8-16(3,15(20)21)18-14(19)11(2)9-12-6-5-7-13(17)10-12/h5-7,10-11H,4,8-9H2,1-3H3,(H,18,19)(H,20,21). The Morgan fingerprint density at radius 1 is 1.43 bits per heavy atom. The van der Waals surface area contributed by atoms with E-state index < -0.39 is 11.5 Å². The largest absolute Gasteiger partial charge is 0.480 e. The molecule has 0 spiro atoms.